The van der Waals surface area contributed by atoms with E-state index in [0.29, 0.717) is 11.5 Å². The van der Waals surface area contributed by atoms with Crippen molar-refractivity contribution in [2.24, 2.45) is 7.05 Å². The standard InChI is InChI=1S/C10H14BrN5O3S/c1-6-8(7(2)19-13-6)5-15(3)20(17,18)10-9(11)12-14-16(10)4/h5H2,1-4H3. The fourth-order valence-electron chi connectivity index (χ4n) is 1.78. The van der Waals surface area contributed by atoms with E-state index in [2.05, 4.69) is 31.4 Å². The van der Waals surface area contributed by atoms with Crippen LogP contribution in [0.5, 0.6) is 0 Å². The summed E-state index contributed by atoms with van der Waals surface area (Å²) < 4.78 is 32.7. The van der Waals surface area contributed by atoms with Gasteiger partial charge < -0.3 is 4.52 Å². The van der Waals surface area contributed by atoms with Gasteiger partial charge in [0.1, 0.15) is 5.76 Å². The minimum absolute atomic E-state index is 0.00626. The first-order chi connectivity index (χ1) is 9.25. The van der Waals surface area contributed by atoms with Crippen LogP contribution in [0.2, 0.25) is 0 Å². The molecule has 2 heterocycles. The summed E-state index contributed by atoms with van der Waals surface area (Å²) in [4.78, 5) is 0. The van der Waals surface area contributed by atoms with E-state index in [1.54, 1.807) is 13.8 Å². The molecular formula is C10H14BrN5O3S. The Morgan fingerprint density at radius 1 is 1.40 bits per heavy atom. The van der Waals surface area contributed by atoms with Crippen molar-refractivity contribution in [3.05, 3.63) is 21.6 Å². The van der Waals surface area contributed by atoms with E-state index >= 15 is 0 Å². The average molecular weight is 364 g/mol. The monoisotopic (exact) mass is 363 g/mol. The zero-order valence-corrected chi connectivity index (χ0v) is 13.9. The van der Waals surface area contributed by atoms with Gasteiger partial charge in [-0.15, -0.1) is 5.10 Å². The molecule has 0 saturated carbocycles. The third-order valence-electron chi connectivity index (χ3n) is 2.95. The van der Waals surface area contributed by atoms with Crippen molar-refractivity contribution in [2.45, 2.75) is 25.4 Å². The number of aryl methyl sites for hydroxylation is 3. The molecule has 0 aliphatic carbocycles. The second-order valence-electron chi connectivity index (χ2n) is 4.37. The molecule has 0 N–H and O–H groups in total. The highest BCUT2D eigenvalue weighted by atomic mass is 79.9. The summed E-state index contributed by atoms with van der Waals surface area (Å²) in [5.41, 5.74) is 1.43. The number of hydrogen-bond acceptors (Lipinski definition) is 6. The molecular weight excluding hydrogens is 350 g/mol. The number of sulfonamides is 1. The first-order valence-electron chi connectivity index (χ1n) is 5.68. The number of halogens is 1. The highest BCUT2D eigenvalue weighted by Crippen LogP contribution is 2.24. The van der Waals surface area contributed by atoms with Gasteiger partial charge in [0.25, 0.3) is 10.0 Å². The van der Waals surface area contributed by atoms with E-state index in [1.165, 1.54) is 23.1 Å². The normalized spacial score (nSPS) is 12.3. The maximum absolute atomic E-state index is 12.5. The fourth-order valence-corrected chi connectivity index (χ4v) is 3.94. The molecule has 20 heavy (non-hydrogen) atoms. The molecule has 110 valence electrons. The molecule has 0 aromatic carbocycles. The smallest absolute Gasteiger partial charge is 0.263 e. The van der Waals surface area contributed by atoms with Crippen molar-refractivity contribution >= 4 is 26.0 Å². The van der Waals surface area contributed by atoms with Crippen molar-refractivity contribution < 1.29 is 12.9 Å². The summed E-state index contributed by atoms with van der Waals surface area (Å²) in [5, 5.41) is 11.2. The van der Waals surface area contributed by atoms with E-state index in [-0.39, 0.29) is 16.2 Å². The molecule has 0 radical (unpaired) electrons. The number of rotatable bonds is 4. The largest absolute Gasteiger partial charge is 0.361 e. The summed E-state index contributed by atoms with van der Waals surface area (Å²) in [7, 11) is -0.703. The Balaban J connectivity index is 2.36. The third-order valence-corrected chi connectivity index (χ3v) is 5.65. The Morgan fingerprint density at radius 2 is 2.05 bits per heavy atom. The Bertz CT molecular complexity index is 697. The van der Waals surface area contributed by atoms with Gasteiger partial charge in [0, 0.05) is 26.2 Å². The van der Waals surface area contributed by atoms with Gasteiger partial charge in [-0.3, -0.25) is 0 Å². The SMILES string of the molecule is Cc1noc(C)c1CN(C)S(=O)(=O)c1c(Br)nnn1C. The van der Waals surface area contributed by atoms with Gasteiger partial charge in [-0.1, -0.05) is 10.4 Å². The van der Waals surface area contributed by atoms with Crippen molar-refractivity contribution in [3.8, 4) is 0 Å². The summed E-state index contributed by atoms with van der Waals surface area (Å²) in [6.45, 7) is 3.69. The lowest BCUT2D eigenvalue weighted by molar-refractivity contribution is 0.389. The Hall–Kier alpha value is -1.26. The Labute approximate surface area is 124 Å². The molecule has 0 spiro atoms. The zero-order chi connectivity index (χ0) is 15.1. The van der Waals surface area contributed by atoms with Crippen molar-refractivity contribution in [1.29, 1.82) is 0 Å². The highest BCUT2D eigenvalue weighted by Gasteiger charge is 2.29. The minimum atomic E-state index is -3.71. The molecule has 8 nitrogen and oxygen atoms in total. The van der Waals surface area contributed by atoms with E-state index in [1.807, 2.05) is 0 Å². The van der Waals surface area contributed by atoms with Gasteiger partial charge in [0.15, 0.2) is 4.60 Å². The van der Waals surface area contributed by atoms with E-state index in [0.717, 1.165) is 5.56 Å². The Morgan fingerprint density at radius 3 is 2.50 bits per heavy atom. The van der Waals surface area contributed by atoms with Crippen molar-refractivity contribution in [2.75, 3.05) is 7.05 Å². The highest BCUT2D eigenvalue weighted by molar-refractivity contribution is 9.10. The van der Waals surface area contributed by atoms with Crippen LogP contribution in [0.3, 0.4) is 0 Å². The number of hydrogen-bond donors (Lipinski definition) is 0. The van der Waals surface area contributed by atoms with Gasteiger partial charge in [-0.2, -0.15) is 4.31 Å². The summed E-state index contributed by atoms with van der Waals surface area (Å²) in [5.74, 6) is 0.603. The van der Waals surface area contributed by atoms with Gasteiger partial charge in [0.05, 0.1) is 5.69 Å². The molecule has 0 amide bonds. The van der Waals surface area contributed by atoms with E-state index in [4.69, 9.17) is 4.52 Å². The molecule has 0 aliphatic rings. The third kappa shape index (κ3) is 2.50. The van der Waals surface area contributed by atoms with Gasteiger partial charge in [-0.25, -0.2) is 13.1 Å². The molecule has 2 rings (SSSR count). The lowest BCUT2D eigenvalue weighted by Crippen LogP contribution is -2.28. The molecule has 10 heteroatoms. The number of nitrogens with zero attached hydrogens (tertiary/aromatic N) is 5. The molecule has 0 fully saturated rings. The lowest BCUT2D eigenvalue weighted by Gasteiger charge is -2.16. The summed E-state index contributed by atoms with van der Waals surface area (Å²) in [6.07, 6.45) is 0. The van der Waals surface area contributed by atoms with Gasteiger partial charge >= 0.3 is 0 Å². The molecule has 2 aromatic heterocycles. The van der Waals surface area contributed by atoms with Crippen LogP contribution < -0.4 is 0 Å². The van der Waals surface area contributed by atoms with Gasteiger partial charge in [0.2, 0.25) is 5.03 Å². The molecule has 2 aromatic rings. The predicted octanol–water partition coefficient (Wildman–Crippen LogP) is 1.00. The summed E-state index contributed by atoms with van der Waals surface area (Å²) in [6, 6.07) is 0. The van der Waals surface area contributed by atoms with Crippen LogP contribution in [-0.2, 0) is 23.6 Å². The summed E-state index contributed by atoms with van der Waals surface area (Å²) >= 11 is 3.10. The number of aromatic nitrogens is 4. The van der Waals surface area contributed by atoms with Crippen LogP contribution in [0, 0.1) is 13.8 Å². The molecule has 0 unspecified atom stereocenters. The fraction of sp³-hybridized carbons (Fsp3) is 0.500. The predicted molar refractivity (Wildman–Crippen MR) is 73.3 cm³/mol. The quantitative estimate of drug-likeness (QED) is 0.804. The van der Waals surface area contributed by atoms with Crippen LogP contribution in [0.25, 0.3) is 0 Å². The van der Waals surface area contributed by atoms with Crippen LogP contribution in [0.4, 0.5) is 0 Å². The first-order valence-corrected chi connectivity index (χ1v) is 7.91. The zero-order valence-electron chi connectivity index (χ0n) is 11.5. The minimum Gasteiger partial charge on any atom is -0.361 e. The van der Waals surface area contributed by atoms with Crippen LogP contribution in [0.1, 0.15) is 17.0 Å². The topological polar surface area (TPSA) is 94.1 Å². The van der Waals surface area contributed by atoms with Crippen LogP contribution in [0.15, 0.2) is 14.2 Å². The van der Waals surface area contributed by atoms with Crippen molar-refractivity contribution in [3.63, 3.8) is 0 Å². The van der Waals surface area contributed by atoms with Gasteiger partial charge in [-0.05, 0) is 29.8 Å². The maximum Gasteiger partial charge on any atom is 0.263 e. The van der Waals surface area contributed by atoms with E-state index < -0.39 is 10.0 Å². The van der Waals surface area contributed by atoms with Crippen molar-refractivity contribution in [1.82, 2.24) is 24.5 Å². The second-order valence-corrected chi connectivity index (χ2v) is 7.08. The van der Waals surface area contributed by atoms with Crippen LogP contribution in [-0.4, -0.2) is 39.9 Å². The molecule has 0 saturated heterocycles. The second kappa shape index (κ2) is 5.26. The molecule has 0 bridgehead atoms. The van der Waals surface area contributed by atoms with E-state index in [9.17, 15) is 8.42 Å². The maximum atomic E-state index is 12.5. The first kappa shape index (κ1) is 15.1. The molecule has 0 aliphatic heterocycles. The average Bonchev–Trinajstić information content (AvgIpc) is 2.86. The Kier molecular flexibility index (Phi) is 3.98. The lowest BCUT2D eigenvalue weighted by atomic mass is 10.2. The molecule has 0 atom stereocenters. The van der Waals surface area contributed by atoms with Crippen LogP contribution >= 0.6 is 15.9 Å².